The Hall–Kier alpha value is -0.570. The summed E-state index contributed by atoms with van der Waals surface area (Å²) in [7, 11) is 0. The van der Waals surface area contributed by atoms with Crippen LogP contribution in [0.2, 0.25) is 0 Å². The minimum absolute atomic E-state index is 0.262. The first-order valence-corrected chi connectivity index (χ1v) is 5.34. The molecule has 0 aromatic carbocycles. The maximum atomic E-state index is 11.5. The molecule has 0 spiro atoms. The van der Waals surface area contributed by atoms with E-state index in [1.165, 1.54) is 19.3 Å². The Bertz CT molecular complexity index is 183. The Morgan fingerprint density at radius 1 is 1.38 bits per heavy atom. The van der Waals surface area contributed by atoms with E-state index in [1.54, 1.807) is 0 Å². The van der Waals surface area contributed by atoms with E-state index in [-0.39, 0.29) is 5.91 Å². The van der Waals surface area contributed by atoms with Crippen molar-refractivity contribution in [2.24, 2.45) is 5.92 Å². The molecule has 0 unspecified atom stereocenters. The quantitative estimate of drug-likeness (QED) is 0.673. The van der Waals surface area contributed by atoms with Gasteiger partial charge in [0, 0.05) is 19.0 Å². The largest absolute Gasteiger partial charge is 0.352 e. The van der Waals surface area contributed by atoms with Crippen molar-refractivity contribution in [3.63, 3.8) is 0 Å². The van der Waals surface area contributed by atoms with Crippen LogP contribution < -0.4 is 10.6 Å². The fourth-order valence-electron chi connectivity index (χ4n) is 2.02. The van der Waals surface area contributed by atoms with Gasteiger partial charge in [-0.2, -0.15) is 0 Å². The first-order chi connectivity index (χ1) is 6.34. The highest BCUT2D eigenvalue weighted by atomic mass is 16.1. The molecular formula is C10H18N2O. The molecule has 0 bridgehead atoms. The highest BCUT2D eigenvalue weighted by Gasteiger charge is 2.22. The zero-order chi connectivity index (χ0) is 9.10. The second-order valence-electron chi connectivity index (χ2n) is 4.26. The predicted octanol–water partition coefficient (Wildman–Crippen LogP) is 0.655. The van der Waals surface area contributed by atoms with E-state index in [1.807, 2.05) is 0 Å². The summed E-state index contributed by atoms with van der Waals surface area (Å²) in [5.41, 5.74) is 0. The molecular weight excluding hydrogens is 164 g/mol. The second-order valence-corrected chi connectivity index (χ2v) is 4.26. The summed E-state index contributed by atoms with van der Waals surface area (Å²) in [6.07, 6.45) is 5.70. The van der Waals surface area contributed by atoms with Crippen molar-refractivity contribution >= 4 is 5.91 Å². The Morgan fingerprint density at radius 2 is 2.23 bits per heavy atom. The van der Waals surface area contributed by atoms with Crippen LogP contribution in [0.3, 0.4) is 0 Å². The van der Waals surface area contributed by atoms with Crippen LogP contribution in [-0.4, -0.2) is 25.0 Å². The number of hydrogen-bond acceptors (Lipinski definition) is 2. The summed E-state index contributed by atoms with van der Waals surface area (Å²) in [4.78, 5) is 11.5. The first-order valence-electron chi connectivity index (χ1n) is 5.34. The van der Waals surface area contributed by atoms with Crippen LogP contribution in [0, 0.1) is 5.92 Å². The molecule has 0 radical (unpaired) electrons. The lowest BCUT2D eigenvalue weighted by molar-refractivity contribution is -0.123. The van der Waals surface area contributed by atoms with Crippen molar-refractivity contribution in [2.75, 3.05) is 13.1 Å². The van der Waals surface area contributed by atoms with Gasteiger partial charge in [0.25, 0.3) is 0 Å². The van der Waals surface area contributed by atoms with E-state index < -0.39 is 0 Å². The van der Waals surface area contributed by atoms with Gasteiger partial charge in [0.15, 0.2) is 0 Å². The molecule has 1 saturated heterocycles. The summed E-state index contributed by atoms with van der Waals surface area (Å²) in [6.45, 7) is 2.00. The maximum absolute atomic E-state index is 11.5. The maximum Gasteiger partial charge on any atom is 0.220 e. The van der Waals surface area contributed by atoms with Crippen molar-refractivity contribution in [2.45, 2.75) is 38.1 Å². The van der Waals surface area contributed by atoms with E-state index in [4.69, 9.17) is 0 Å². The molecule has 1 heterocycles. The van der Waals surface area contributed by atoms with Gasteiger partial charge < -0.3 is 10.6 Å². The van der Waals surface area contributed by atoms with Crippen LogP contribution in [0.4, 0.5) is 0 Å². The van der Waals surface area contributed by atoms with Gasteiger partial charge in [-0.3, -0.25) is 4.79 Å². The molecule has 0 aromatic rings. The van der Waals surface area contributed by atoms with Crippen LogP contribution in [0.15, 0.2) is 0 Å². The number of rotatable bonds is 3. The van der Waals surface area contributed by atoms with Crippen molar-refractivity contribution in [1.29, 1.82) is 0 Å². The molecule has 1 aliphatic carbocycles. The molecule has 2 rings (SSSR count). The van der Waals surface area contributed by atoms with Crippen LogP contribution in [0.1, 0.15) is 32.1 Å². The van der Waals surface area contributed by atoms with E-state index >= 15 is 0 Å². The second kappa shape index (κ2) is 4.09. The van der Waals surface area contributed by atoms with Crippen molar-refractivity contribution < 1.29 is 4.79 Å². The average molecular weight is 182 g/mol. The van der Waals surface area contributed by atoms with Gasteiger partial charge in [-0.05, 0) is 31.7 Å². The van der Waals surface area contributed by atoms with Crippen LogP contribution in [0.25, 0.3) is 0 Å². The lowest BCUT2D eigenvalue weighted by atomic mass is 9.83. The van der Waals surface area contributed by atoms with E-state index in [9.17, 15) is 4.79 Å². The van der Waals surface area contributed by atoms with Gasteiger partial charge in [-0.1, -0.05) is 6.42 Å². The number of carbonyl (C=O) groups is 1. The van der Waals surface area contributed by atoms with Gasteiger partial charge >= 0.3 is 0 Å². The fraction of sp³-hybridized carbons (Fsp3) is 0.900. The molecule has 1 saturated carbocycles. The first kappa shape index (κ1) is 9.00. The minimum atomic E-state index is 0.262. The molecule has 1 aliphatic heterocycles. The molecule has 0 aromatic heterocycles. The van der Waals surface area contributed by atoms with Crippen molar-refractivity contribution in [1.82, 2.24) is 10.6 Å². The van der Waals surface area contributed by atoms with Crippen molar-refractivity contribution in [3.8, 4) is 0 Å². The average Bonchev–Trinajstić information content (AvgIpc) is 2.49. The predicted molar refractivity (Wildman–Crippen MR) is 51.4 cm³/mol. The minimum Gasteiger partial charge on any atom is -0.352 e. The molecule has 13 heavy (non-hydrogen) atoms. The molecule has 74 valence electrons. The highest BCUT2D eigenvalue weighted by Crippen LogP contribution is 2.29. The molecule has 1 amide bonds. The normalized spacial score (nSPS) is 28.5. The number of carbonyl (C=O) groups excluding carboxylic acids is 1. The van der Waals surface area contributed by atoms with Gasteiger partial charge in [-0.25, -0.2) is 0 Å². The lowest BCUT2D eigenvalue weighted by Gasteiger charge is -2.25. The number of amides is 1. The molecule has 2 N–H and O–H groups in total. The summed E-state index contributed by atoms with van der Waals surface area (Å²) in [5.74, 6) is 0.952. The Labute approximate surface area is 79.3 Å². The molecule has 3 heteroatoms. The smallest absolute Gasteiger partial charge is 0.220 e. The Morgan fingerprint density at radius 3 is 2.77 bits per heavy atom. The standard InChI is InChI=1S/C10H18N2O/c13-10(6-8-2-1-3-8)12-9-4-5-11-7-9/h8-9,11H,1-7H2,(H,12,13)/t9-/m0/s1. The van der Waals surface area contributed by atoms with Gasteiger partial charge in [-0.15, -0.1) is 0 Å². The van der Waals surface area contributed by atoms with Gasteiger partial charge in [0.05, 0.1) is 0 Å². The molecule has 2 aliphatic rings. The Balaban J connectivity index is 1.64. The zero-order valence-electron chi connectivity index (χ0n) is 8.01. The van der Waals surface area contributed by atoms with E-state index in [2.05, 4.69) is 10.6 Å². The fourth-order valence-corrected chi connectivity index (χ4v) is 2.02. The summed E-state index contributed by atoms with van der Waals surface area (Å²) >= 11 is 0. The third kappa shape index (κ3) is 2.44. The third-order valence-corrected chi connectivity index (χ3v) is 3.12. The summed E-state index contributed by atoms with van der Waals surface area (Å²) in [5, 5.41) is 6.32. The molecule has 3 nitrogen and oxygen atoms in total. The van der Waals surface area contributed by atoms with Crippen LogP contribution in [-0.2, 0) is 4.79 Å². The summed E-state index contributed by atoms with van der Waals surface area (Å²) in [6, 6.07) is 0.396. The Kier molecular flexibility index (Phi) is 2.83. The number of hydrogen-bond donors (Lipinski definition) is 2. The van der Waals surface area contributed by atoms with Crippen LogP contribution >= 0.6 is 0 Å². The summed E-state index contributed by atoms with van der Waals surface area (Å²) < 4.78 is 0. The third-order valence-electron chi connectivity index (χ3n) is 3.12. The highest BCUT2D eigenvalue weighted by molar-refractivity contribution is 5.76. The zero-order valence-corrected chi connectivity index (χ0v) is 8.01. The number of nitrogens with one attached hydrogen (secondary N) is 2. The lowest BCUT2D eigenvalue weighted by Crippen LogP contribution is -2.37. The van der Waals surface area contributed by atoms with E-state index in [0.717, 1.165) is 25.9 Å². The molecule has 2 fully saturated rings. The topological polar surface area (TPSA) is 41.1 Å². The van der Waals surface area contributed by atoms with Crippen LogP contribution in [0.5, 0.6) is 0 Å². The monoisotopic (exact) mass is 182 g/mol. The molecule has 1 atom stereocenters. The van der Waals surface area contributed by atoms with Crippen molar-refractivity contribution in [3.05, 3.63) is 0 Å². The SMILES string of the molecule is O=C(CC1CCC1)N[C@H]1CCNC1. The van der Waals surface area contributed by atoms with E-state index in [0.29, 0.717) is 12.0 Å². The van der Waals surface area contributed by atoms with Gasteiger partial charge in [0.2, 0.25) is 5.91 Å². The van der Waals surface area contributed by atoms with Gasteiger partial charge in [0.1, 0.15) is 0 Å².